The number of fused-ring (bicyclic) bond motifs is 1. The second kappa shape index (κ2) is 9.07. The van der Waals surface area contributed by atoms with Gasteiger partial charge in [0, 0.05) is 16.8 Å². The molecular formula is C28H24Cl2FN3O3. The number of hydrogen-bond acceptors (Lipinski definition) is 5. The molecule has 3 aromatic rings. The molecular weight excluding hydrogens is 516 g/mol. The van der Waals surface area contributed by atoms with Gasteiger partial charge in [-0.25, -0.2) is 4.39 Å². The number of halogens is 3. The molecule has 2 aliphatic rings. The van der Waals surface area contributed by atoms with Crippen LogP contribution >= 0.6 is 23.2 Å². The van der Waals surface area contributed by atoms with E-state index in [9.17, 15) is 15.2 Å². The van der Waals surface area contributed by atoms with Gasteiger partial charge in [-0.2, -0.15) is 5.26 Å². The van der Waals surface area contributed by atoms with Crippen LogP contribution in [0.15, 0.2) is 54.7 Å². The summed E-state index contributed by atoms with van der Waals surface area (Å²) in [7, 11) is 0. The number of nitrogens with zero attached hydrogens (tertiary/aromatic N) is 3. The Bertz CT molecular complexity index is 1410. The molecule has 0 bridgehead atoms. The highest BCUT2D eigenvalue weighted by atomic mass is 35.5. The van der Waals surface area contributed by atoms with Gasteiger partial charge in [0.25, 0.3) is 5.91 Å². The minimum absolute atomic E-state index is 0.00389. The Balaban J connectivity index is 1.75. The maximum Gasteiger partial charge on any atom is 0.257 e. The normalized spacial score (nSPS) is 20.0. The number of nitriles is 1. The SMILES string of the molecule is CC(C)(O)c1cc(F)c2c(c1)C(=O)N(Cc1ccc(Cl)cn1)[C@@]2(OCC1(C#N)CC1)c1ccc(Cl)cc1. The molecule has 1 aliphatic heterocycles. The zero-order chi connectivity index (χ0) is 26.6. The first-order chi connectivity index (χ1) is 17.5. The Morgan fingerprint density at radius 1 is 1.16 bits per heavy atom. The van der Waals surface area contributed by atoms with E-state index in [-0.39, 0.29) is 29.8 Å². The molecule has 0 unspecified atom stereocenters. The van der Waals surface area contributed by atoms with Crippen LogP contribution in [0.25, 0.3) is 0 Å². The molecule has 1 amide bonds. The van der Waals surface area contributed by atoms with E-state index in [1.54, 1.807) is 36.4 Å². The zero-order valence-corrected chi connectivity index (χ0v) is 21.8. The van der Waals surface area contributed by atoms with Crippen LogP contribution in [-0.2, 0) is 22.6 Å². The molecule has 0 radical (unpaired) electrons. The first kappa shape index (κ1) is 25.6. The quantitative estimate of drug-likeness (QED) is 0.402. The summed E-state index contributed by atoms with van der Waals surface area (Å²) in [5.41, 5.74) is -2.45. The average molecular weight is 540 g/mol. The molecule has 2 heterocycles. The van der Waals surface area contributed by atoms with Gasteiger partial charge in [0.1, 0.15) is 5.82 Å². The van der Waals surface area contributed by atoms with Crippen LogP contribution in [0, 0.1) is 22.6 Å². The minimum atomic E-state index is -1.70. The third-order valence-corrected chi connectivity index (χ3v) is 7.46. The number of amides is 1. The van der Waals surface area contributed by atoms with E-state index in [0.29, 0.717) is 34.1 Å². The van der Waals surface area contributed by atoms with Gasteiger partial charge in [-0.1, -0.05) is 35.3 Å². The summed E-state index contributed by atoms with van der Waals surface area (Å²) in [6.07, 6.45) is 2.77. The summed E-state index contributed by atoms with van der Waals surface area (Å²) in [6.45, 7) is 3.02. The number of pyridine rings is 1. The van der Waals surface area contributed by atoms with E-state index < -0.39 is 28.5 Å². The molecule has 37 heavy (non-hydrogen) atoms. The van der Waals surface area contributed by atoms with Gasteiger partial charge in [-0.3, -0.25) is 14.7 Å². The molecule has 1 N–H and O–H groups in total. The lowest BCUT2D eigenvalue weighted by molar-refractivity contribution is -0.122. The van der Waals surface area contributed by atoms with Crippen LogP contribution < -0.4 is 0 Å². The summed E-state index contributed by atoms with van der Waals surface area (Å²) in [6, 6.07) is 15.0. The van der Waals surface area contributed by atoms with E-state index >= 15 is 4.39 Å². The van der Waals surface area contributed by atoms with E-state index in [1.807, 2.05) is 0 Å². The molecule has 9 heteroatoms. The first-order valence-electron chi connectivity index (χ1n) is 11.8. The van der Waals surface area contributed by atoms with Crippen LogP contribution in [0.5, 0.6) is 0 Å². The Labute approximate surface area is 224 Å². The Kier molecular flexibility index (Phi) is 6.28. The maximum absolute atomic E-state index is 16.1. The molecule has 5 rings (SSSR count). The lowest BCUT2D eigenvalue weighted by atomic mass is 9.88. The fourth-order valence-corrected chi connectivity index (χ4v) is 4.87. The van der Waals surface area contributed by atoms with Gasteiger partial charge < -0.3 is 9.84 Å². The molecule has 1 saturated carbocycles. The molecule has 0 spiro atoms. The van der Waals surface area contributed by atoms with Crippen molar-refractivity contribution in [3.05, 3.63) is 98.5 Å². The number of aromatic nitrogens is 1. The first-order valence-corrected chi connectivity index (χ1v) is 12.6. The molecule has 2 aromatic carbocycles. The third kappa shape index (κ3) is 4.49. The summed E-state index contributed by atoms with van der Waals surface area (Å²) in [5, 5.41) is 21.2. The van der Waals surface area contributed by atoms with Gasteiger partial charge in [0.05, 0.1) is 52.1 Å². The second-order valence-electron chi connectivity index (χ2n) is 10.1. The van der Waals surface area contributed by atoms with Crippen molar-refractivity contribution in [1.82, 2.24) is 9.88 Å². The van der Waals surface area contributed by atoms with Crippen LogP contribution in [0.4, 0.5) is 4.39 Å². The van der Waals surface area contributed by atoms with E-state index in [1.165, 1.54) is 37.1 Å². The van der Waals surface area contributed by atoms with E-state index in [0.717, 1.165) is 0 Å². The van der Waals surface area contributed by atoms with Crippen molar-refractivity contribution in [3.8, 4) is 6.07 Å². The summed E-state index contributed by atoms with van der Waals surface area (Å²) in [4.78, 5) is 19.8. The molecule has 1 atom stereocenters. The lowest BCUT2D eigenvalue weighted by Crippen LogP contribution is -2.47. The van der Waals surface area contributed by atoms with Crippen molar-refractivity contribution in [2.45, 2.75) is 44.6 Å². The standard InChI is InChI=1S/C28H24Cl2FN3O3/c1-26(2,36)18-11-22-24(23(31)12-18)28(17-3-5-19(29)6-4-17,37-16-27(15-32)9-10-27)34(25(22)35)14-21-8-7-20(30)13-33-21/h3-8,11-13,36H,9-10,14,16H2,1-2H3/t28-/m1/s1. The van der Waals surface area contributed by atoms with Gasteiger partial charge in [0.2, 0.25) is 0 Å². The van der Waals surface area contributed by atoms with Gasteiger partial charge in [-0.05, 0) is 68.7 Å². The molecule has 1 aromatic heterocycles. The average Bonchev–Trinajstić information content (AvgIpc) is 3.60. The number of hydrogen-bond donors (Lipinski definition) is 1. The molecule has 0 saturated heterocycles. The van der Waals surface area contributed by atoms with Crippen molar-refractivity contribution >= 4 is 29.1 Å². The summed E-state index contributed by atoms with van der Waals surface area (Å²) >= 11 is 12.2. The van der Waals surface area contributed by atoms with Crippen LogP contribution in [0.1, 0.15) is 59.4 Å². The van der Waals surface area contributed by atoms with E-state index in [4.69, 9.17) is 27.9 Å². The highest BCUT2D eigenvalue weighted by molar-refractivity contribution is 6.30. The molecule has 6 nitrogen and oxygen atoms in total. The molecule has 190 valence electrons. The fraction of sp³-hybridized carbons (Fsp3) is 0.321. The Morgan fingerprint density at radius 3 is 2.41 bits per heavy atom. The van der Waals surface area contributed by atoms with Crippen LogP contribution in [-0.4, -0.2) is 27.5 Å². The number of ether oxygens (including phenoxy) is 1. The van der Waals surface area contributed by atoms with Crippen molar-refractivity contribution in [3.63, 3.8) is 0 Å². The lowest BCUT2D eigenvalue weighted by Gasteiger charge is -2.40. The van der Waals surface area contributed by atoms with Crippen LogP contribution in [0.2, 0.25) is 10.0 Å². The topological polar surface area (TPSA) is 86.4 Å². The summed E-state index contributed by atoms with van der Waals surface area (Å²) in [5.74, 6) is -1.19. The monoisotopic (exact) mass is 539 g/mol. The summed E-state index contributed by atoms with van der Waals surface area (Å²) < 4.78 is 22.6. The van der Waals surface area contributed by atoms with Gasteiger partial charge >= 0.3 is 0 Å². The largest absolute Gasteiger partial charge is 0.386 e. The maximum atomic E-state index is 16.1. The number of carbonyl (C=O) groups excluding carboxylic acids is 1. The number of benzene rings is 2. The highest BCUT2D eigenvalue weighted by Gasteiger charge is 2.56. The van der Waals surface area contributed by atoms with Crippen LogP contribution in [0.3, 0.4) is 0 Å². The van der Waals surface area contributed by atoms with Crippen molar-refractivity contribution < 1.29 is 19.0 Å². The Morgan fingerprint density at radius 2 is 1.84 bits per heavy atom. The molecule has 1 fully saturated rings. The fourth-order valence-electron chi connectivity index (χ4n) is 4.63. The van der Waals surface area contributed by atoms with Gasteiger partial charge in [0.15, 0.2) is 5.72 Å². The van der Waals surface area contributed by atoms with Crippen molar-refractivity contribution in [1.29, 1.82) is 5.26 Å². The number of aliphatic hydroxyl groups is 1. The number of rotatable bonds is 7. The predicted molar refractivity (Wildman–Crippen MR) is 136 cm³/mol. The Hall–Kier alpha value is -3.02. The highest BCUT2D eigenvalue weighted by Crippen LogP contribution is 2.52. The predicted octanol–water partition coefficient (Wildman–Crippen LogP) is 5.93. The zero-order valence-electron chi connectivity index (χ0n) is 20.3. The third-order valence-electron chi connectivity index (χ3n) is 6.98. The van der Waals surface area contributed by atoms with E-state index in [2.05, 4.69) is 11.1 Å². The second-order valence-corrected chi connectivity index (χ2v) is 11.0. The minimum Gasteiger partial charge on any atom is -0.386 e. The number of carbonyl (C=O) groups is 1. The smallest absolute Gasteiger partial charge is 0.257 e. The van der Waals surface area contributed by atoms with Gasteiger partial charge in [-0.15, -0.1) is 0 Å². The molecule has 1 aliphatic carbocycles. The van der Waals surface area contributed by atoms with Crippen molar-refractivity contribution in [2.75, 3.05) is 6.61 Å². The van der Waals surface area contributed by atoms with Crippen molar-refractivity contribution in [2.24, 2.45) is 5.41 Å².